The highest BCUT2D eigenvalue weighted by molar-refractivity contribution is 5.90. The van der Waals surface area contributed by atoms with Gasteiger partial charge in [0.1, 0.15) is 0 Å². The van der Waals surface area contributed by atoms with Gasteiger partial charge in [0.15, 0.2) is 11.5 Å². The van der Waals surface area contributed by atoms with Gasteiger partial charge in [0.05, 0.1) is 20.6 Å². The SMILES string of the molecule is COc1cccc(CN(C)C(=O)Cc2c(C)[nH]c3ccccc23)c1OC. The van der Waals surface area contributed by atoms with Crippen LogP contribution in [0.5, 0.6) is 11.5 Å². The van der Waals surface area contributed by atoms with E-state index in [1.54, 1.807) is 19.1 Å². The molecule has 0 saturated carbocycles. The lowest BCUT2D eigenvalue weighted by molar-refractivity contribution is -0.129. The smallest absolute Gasteiger partial charge is 0.227 e. The van der Waals surface area contributed by atoms with Crippen molar-refractivity contribution in [2.75, 3.05) is 21.3 Å². The Morgan fingerprint density at radius 2 is 1.85 bits per heavy atom. The first-order valence-corrected chi connectivity index (χ1v) is 8.55. The van der Waals surface area contributed by atoms with E-state index in [0.29, 0.717) is 24.5 Å². The van der Waals surface area contributed by atoms with Crippen molar-refractivity contribution in [2.45, 2.75) is 19.9 Å². The molecule has 0 spiro atoms. The van der Waals surface area contributed by atoms with Crippen LogP contribution in [0.1, 0.15) is 16.8 Å². The number of ether oxygens (including phenoxy) is 2. The molecule has 0 bridgehead atoms. The van der Waals surface area contributed by atoms with Crippen LogP contribution in [-0.2, 0) is 17.8 Å². The van der Waals surface area contributed by atoms with E-state index in [0.717, 1.165) is 27.7 Å². The third-order valence-corrected chi connectivity index (χ3v) is 4.67. The Bertz CT molecular complexity index is 930. The molecule has 1 amide bonds. The third kappa shape index (κ3) is 3.38. The lowest BCUT2D eigenvalue weighted by Gasteiger charge is -2.20. The van der Waals surface area contributed by atoms with E-state index < -0.39 is 0 Å². The standard InChI is InChI=1S/C21H24N2O3/c1-14-17(16-9-5-6-10-18(16)22-14)12-20(24)23(2)13-15-8-7-11-19(25-3)21(15)26-4/h5-11,22H,12-13H2,1-4H3. The fourth-order valence-corrected chi connectivity index (χ4v) is 3.27. The average molecular weight is 352 g/mol. The van der Waals surface area contributed by atoms with Crippen LogP contribution in [-0.4, -0.2) is 37.1 Å². The zero-order chi connectivity index (χ0) is 18.7. The molecule has 2 aromatic carbocycles. The van der Waals surface area contributed by atoms with E-state index in [1.165, 1.54) is 0 Å². The zero-order valence-electron chi connectivity index (χ0n) is 15.6. The van der Waals surface area contributed by atoms with Crippen molar-refractivity contribution in [3.63, 3.8) is 0 Å². The van der Waals surface area contributed by atoms with Crippen LogP contribution in [0.3, 0.4) is 0 Å². The topological polar surface area (TPSA) is 54.6 Å². The maximum absolute atomic E-state index is 12.8. The third-order valence-electron chi connectivity index (χ3n) is 4.67. The van der Waals surface area contributed by atoms with Crippen LogP contribution in [0.2, 0.25) is 0 Å². The molecule has 1 N–H and O–H groups in total. The molecule has 0 aliphatic rings. The van der Waals surface area contributed by atoms with E-state index in [-0.39, 0.29) is 5.91 Å². The number of likely N-dealkylation sites (N-methyl/N-ethyl adjacent to an activating group) is 1. The number of para-hydroxylation sites is 2. The monoisotopic (exact) mass is 352 g/mol. The zero-order valence-corrected chi connectivity index (χ0v) is 15.6. The lowest BCUT2D eigenvalue weighted by atomic mass is 10.1. The predicted molar refractivity (Wildman–Crippen MR) is 103 cm³/mol. The summed E-state index contributed by atoms with van der Waals surface area (Å²) in [7, 11) is 5.03. The van der Waals surface area contributed by atoms with Gasteiger partial charge in [-0.3, -0.25) is 4.79 Å². The quantitative estimate of drug-likeness (QED) is 0.736. The Kier molecular flexibility index (Phi) is 5.16. The molecule has 0 saturated heterocycles. The van der Waals surface area contributed by atoms with Gasteiger partial charge in [0, 0.05) is 35.8 Å². The van der Waals surface area contributed by atoms with E-state index in [2.05, 4.69) is 4.98 Å². The molecule has 0 atom stereocenters. The molecule has 3 rings (SSSR count). The van der Waals surface area contributed by atoms with Gasteiger partial charge in [-0.2, -0.15) is 0 Å². The molecule has 26 heavy (non-hydrogen) atoms. The molecule has 5 heteroatoms. The number of rotatable bonds is 6. The highest BCUT2D eigenvalue weighted by Gasteiger charge is 2.18. The van der Waals surface area contributed by atoms with Gasteiger partial charge in [0.2, 0.25) is 5.91 Å². The Labute approximate surface area is 153 Å². The molecule has 0 aliphatic heterocycles. The van der Waals surface area contributed by atoms with E-state index in [1.807, 2.05) is 56.4 Å². The summed E-state index contributed by atoms with van der Waals surface area (Å²) >= 11 is 0. The second kappa shape index (κ2) is 7.52. The summed E-state index contributed by atoms with van der Waals surface area (Å²) in [4.78, 5) is 17.9. The van der Waals surface area contributed by atoms with E-state index in [9.17, 15) is 4.79 Å². The van der Waals surface area contributed by atoms with Crippen LogP contribution < -0.4 is 9.47 Å². The van der Waals surface area contributed by atoms with Gasteiger partial charge in [-0.1, -0.05) is 30.3 Å². The van der Waals surface area contributed by atoms with Crippen LogP contribution in [0.25, 0.3) is 10.9 Å². The van der Waals surface area contributed by atoms with Crippen molar-refractivity contribution in [3.05, 3.63) is 59.3 Å². The summed E-state index contributed by atoms with van der Waals surface area (Å²) in [6.45, 7) is 2.47. The number of aryl methyl sites for hydroxylation is 1. The Hall–Kier alpha value is -2.95. The van der Waals surface area contributed by atoms with Crippen molar-refractivity contribution in [1.29, 1.82) is 0 Å². The average Bonchev–Trinajstić information content (AvgIpc) is 2.96. The number of carbonyl (C=O) groups is 1. The Morgan fingerprint density at radius 3 is 2.58 bits per heavy atom. The summed E-state index contributed by atoms with van der Waals surface area (Å²) in [6.07, 6.45) is 0.360. The van der Waals surface area contributed by atoms with Crippen molar-refractivity contribution < 1.29 is 14.3 Å². The van der Waals surface area contributed by atoms with Crippen molar-refractivity contribution in [2.24, 2.45) is 0 Å². The van der Waals surface area contributed by atoms with Gasteiger partial charge >= 0.3 is 0 Å². The second-order valence-corrected chi connectivity index (χ2v) is 6.35. The number of fused-ring (bicyclic) bond motifs is 1. The van der Waals surface area contributed by atoms with Crippen LogP contribution >= 0.6 is 0 Å². The number of hydrogen-bond donors (Lipinski definition) is 1. The van der Waals surface area contributed by atoms with Crippen LogP contribution in [0.4, 0.5) is 0 Å². The molecule has 1 aromatic heterocycles. The molecule has 0 aliphatic carbocycles. The maximum atomic E-state index is 12.8. The van der Waals surface area contributed by atoms with Crippen LogP contribution in [0, 0.1) is 6.92 Å². The number of H-pyrrole nitrogens is 1. The minimum atomic E-state index is 0.0581. The van der Waals surface area contributed by atoms with Crippen LogP contribution in [0.15, 0.2) is 42.5 Å². The first kappa shape index (κ1) is 17.9. The summed E-state index contributed by atoms with van der Waals surface area (Å²) in [6, 6.07) is 13.8. The normalized spacial score (nSPS) is 10.8. The number of carbonyl (C=O) groups excluding carboxylic acids is 1. The molecule has 1 heterocycles. The van der Waals surface area contributed by atoms with Crippen molar-refractivity contribution in [1.82, 2.24) is 9.88 Å². The minimum absolute atomic E-state index is 0.0581. The first-order valence-electron chi connectivity index (χ1n) is 8.55. The summed E-state index contributed by atoms with van der Waals surface area (Å²) in [5.41, 5.74) is 4.06. The molecule has 3 aromatic rings. The predicted octanol–water partition coefficient (Wildman–Crippen LogP) is 3.69. The molecule has 5 nitrogen and oxygen atoms in total. The summed E-state index contributed by atoms with van der Waals surface area (Å²) in [5, 5.41) is 1.10. The van der Waals surface area contributed by atoms with Gasteiger partial charge < -0.3 is 19.4 Å². The largest absolute Gasteiger partial charge is 0.493 e. The molecular formula is C21H24N2O3. The summed E-state index contributed by atoms with van der Waals surface area (Å²) in [5.74, 6) is 1.39. The second-order valence-electron chi connectivity index (χ2n) is 6.35. The fraction of sp³-hybridized carbons (Fsp3) is 0.286. The Balaban J connectivity index is 1.79. The molecule has 0 radical (unpaired) electrons. The van der Waals surface area contributed by atoms with Crippen molar-refractivity contribution >= 4 is 16.8 Å². The van der Waals surface area contributed by atoms with Gasteiger partial charge in [-0.15, -0.1) is 0 Å². The van der Waals surface area contributed by atoms with Crippen molar-refractivity contribution in [3.8, 4) is 11.5 Å². The molecule has 136 valence electrons. The van der Waals surface area contributed by atoms with E-state index >= 15 is 0 Å². The van der Waals surface area contributed by atoms with Gasteiger partial charge in [0.25, 0.3) is 0 Å². The number of benzene rings is 2. The number of aromatic nitrogens is 1. The lowest BCUT2D eigenvalue weighted by Crippen LogP contribution is -2.28. The number of hydrogen-bond acceptors (Lipinski definition) is 3. The minimum Gasteiger partial charge on any atom is -0.493 e. The highest BCUT2D eigenvalue weighted by atomic mass is 16.5. The fourth-order valence-electron chi connectivity index (χ4n) is 3.27. The number of methoxy groups -OCH3 is 2. The number of nitrogens with one attached hydrogen (secondary N) is 1. The number of nitrogens with zero attached hydrogens (tertiary/aromatic N) is 1. The summed E-state index contributed by atoms with van der Waals surface area (Å²) < 4.78 is 10.8. The van der Waals surface area contributed by atoms with E-state index in [4.69, 9.17) is 9.47 Å². The first-order chi connectivity index (χ1) is 12.5. The van der Waals surface area contributed by atoms with Gasteiger partial charge in [-0.25, -0.2) is 0 Å². The molecule has 0 unspecified atom stereocenters. The Morgan fingerprint density at radius 1 is 1.08 bits per heavy atom. The maximum Gasteiger partial charge on any atom is 0.227 e. The molecular weight excluding hydrogens is 328 g/mol. The highest BCUT2D eigenvalue weighted by Crippen LogP contribution is 2.31. The number of aromatic amines is 1. The van der Waals surface area contributed by atoms with Gasteiger partial charge in [-0.05, 0) is 24.6 Å². The number of amides is 1. The molecule has 0 fully saturated rings.